The van der Waals surface area contributed by atoms with Crippen molar-refractivity contribution >= 4 is 17.4 Å². The lowest BCUT2D eigenvalue weighted by Gasteiger charge is -2.11. The minimum absolute atomic E-state index is 0.225. The molecule has 0 bridgehead atoms. The number of benzene rings is 2. The molecule has 0 saturated carbocycles. The maximum Gasteiger partial charge on any atom is 0.274 e. The third kappa shape index (κ3) is 4.91. The van der Waals surface area contributed by atoms with Gasteiger partial charge in [-0.3, -0.25) is 4.79 Å². The summed E-state index contributed by atoms with van der Waals surface area (Å²) in [4.78, 5) is 21.2. The molecule has 144 valence electrons. The number of aryl methyl sites for hydroxylation is 3. The van der Waals surface area contributed by atoms with Crippen LogP contribution in [0.15, 0.2) is 48.5 Å². The molecule has 0 saturated heterocycles. The van der Waals surface area contributed by atoms with Crippen LogP contribution in [0.2, 0.25) is 0 Å². The van der Waals surface area contributed by atoms with Crippen LogP contribution < -0.4 is 10.6 Å². The van der Waals surface area contributed by atoms with Crippen LogP contribution in [0.4, 0.5) is 15.9 Å². The Kier molecular flexibility index (Phi) is 5.99. The summed E-state index contributed by atoms with van der Waals surface area (Å²) in [5.74, 6) is 0.505. The van der Waals surface area contributed by atoms with Gasteiger partial charge >= 0.3 is 0 Å². The Balaban J connectivity index is 1.69. The molecule has 6 heteroatoms. The summed E-state index contributed by atoms with van der Waals surface area (Å²) in [6, 6.07) is 14.2. The molecule has 0 unspecified atom stereocenters. The molecule has 5 nitrogen and oxygen atoms in total. The van der Waals surface area contributed by atoms with E-state index in [2.05, 4.69) is 20.6 Å². The quantitative estimate of drug-likeness (QED) is 0.665. The van der Waals surface area contributed by atoms with Crippen LogP contribution >= 0.6 is 0 Å². The zero-order valence-electron chi connectivity index (χ0n) is 16.2. The summed E-state index contributed by atoms with van der Waals surface area (Å²) >= 11 is 0. The second-order valence-corrected chi connectivity index (χ2v) is 6.73. The van der Waals surface area contributed by atoms with E-state index >= 15 is 0 Å². The van der Waals surface area contributed by atoms with Crippen LogP contribution in [0.3, 0.4) is 0 Å². The van der Waals surface area contributed by atoms with E-state index in [1.807, 2.05) is 38.1 Å². The molecule has 2 N–H and O–H groups in total. The van der Waals surface area contributed by atoms with E-state index in [4.69, 9.17) is 0 Å². The van der Waals surface area contributed by atoms with E-state index in [0.29, 0.717) is 30.2 Å². The molecule has 0 spiro atoms. The molecule has 0 fully saturated rings. The predicted octanol–water partition coefficient (Wildman–Crippen LogP) is 4.45. The van der Waals surface area contributed by atoms with Crippen molar-refractivity contribution in [1.82, 2.24) is 9.97 Å². The number of carbonyl (C=O) groups is 1. The predicted molar refractivity (Wildman–Crippen MR) is 109 cm³/mol. The van der Waals surface area contributed by atoms with E-state index in [9.17, 15) is 9.18 Å². The fourth-order valence-electron chi connectivity index (χ4n) is 2.86. The van der Waals surface area contributed by atoms with Gasteiger partial charge in [-0.1, -0.05) is 30.3 Å². The van der Waals surface area contributed by atoms with Crippen molar-refractivity contribution in [2.75, 3.05) is 17.2 Å². The first kappa shape index (κ1) is 19.5. The first-order valence-corrected chi connectivity index (χ1v) is 9.14. The van der Waals surface area contributed by atoms with E-state index in [-0.39, 0.29) is 17.4 Å². The maximum atomic E-state index is 13.7. The van der Waals surface area contributed by atoms with Crippen LogP contribution in [0.1, 0.15) is 33.0 Å². The molecule has 0 aliphatic rings. The van der Waals surface area contributed by atoms with Gasteiger partial charge in [0.15, 0.2) is 0 Å². The van der Waals surface area contributed by atoms with Gasteiger partial charge in [-0.15, -0.1) is 0 Å². The summed E-state index contributed by atoms with van der Waals surface area (Å²) in [6.07, 6.45) is 0.514. The fourth-order valence-corrected chi connectivity index (χ4v) is 2.86. The van der Waals surface area contributed by atoms with Crippen molar-refractivity contribution < 1.29 is 9.18 Å². The minimum Gasteiger partial charge on any atom is -0.370 e. The zero-order valence-corrected chi connectivity index (χ0v) is 16.2. The average molecular weight is 378 g/mol. The van der Waals surface area contributed by atoms with Crippen LogP contribution in [-0.2, 0) is 6.42 Å². The van der Waals surface area contributed by atoms with Crippen LogP contribution in [0.5, 0.6) is 0 Å². The maximum absolute atomic E-state index is 13.7. The number of carbonyl (C=O) groups excluding carboxylic acids is 1. The van der Waals surface area contributed by atoms with Crippen molar-refractivity contribution in [3.8, 4) is 0 Å². The smallest absolute Gasteiger partial charge is 0.274 e. The standard InChI is InChI=1S/C22H23FN4O/c1-14-8-9-15(2)19(12-14)27-22(28)20-13-21(26-16(3)25-20)24-11-10-17-6-4-5-7-18(17)23/h4-9,12-13H,10-11H2,1-3H3,(H,27,28)(H,24,25,26). The van der Waals surface area contributed by atoms with Gasteiger partial charge in [0.1, 0.15) is 23.2 Å². The van der Waals surface area contributed by atoms with Gasteiger partial charge in [-0.2, -0.15) is 0 Å². The molecule has 0 aliphatic carbocycles. The number of hydrogen-bond donors (Lipinski definition) is 2. The Bertz CT molecular complexity index is 1000. The number of nitrogens with one attached hydrogen (secondary N) is 2. The number of rotatable bonds is 6. The Morgan fingerprint density at radius 1 is 1.04 bits per heavy atom. The molecule has 1 aromatic heterocycles. The van der Waals surface area contributed by atoms with Crippen molar-refractivity contribution in [2.45, 2.75) is 27.2 Å². The SMILES string of the molecule is Cc1ccc(C)c(NC(=O)c2cc(NCCc3ccccc3F)nc(C)n2)c1. The van der Waals surface area contributed by atoms with Crippen LogP contribution in [0.25, 0.3) is 0 Å². The lowest BCUT2D eigenvalue weighted by molar-refractivity contribution is 0.102. The summed E-state index contributed by atoms with van der Waals surface area (Å²) < 4.78 is 13.7. The third-order valence-electron chi connectivity index (χ3n) is 4.37. The zero-order chi connectivity index (χ0) is 20.1. The largest absolute Gasteiger partial charge is 0.370 e. The van der Waals surface area contributed by atoms with Gasteiger partial charge in [0.2, 0.25) is 0 Å². The van der Waals surface area contributed by atoms with Gasteiger partial charge in [0, 0.05) is 18.3 Å². The van der Waals surface area contributed by atoms with Crippen molar-refractivity contribution in [3.63, 3.8) is 0 Å². The Morgan fingerprint density at radius 3 is 2.61 bits per heavy atom. The highest BCUT2D eigenvalue weighted by Gasteiger charge is 2.12. The fraction of sp³-hybridized carbons (Fsp3) is 0.227. The van der Waals surface area contributed by atoms with Crippen molar-refractivity contribution in [2.24, 2.45) is 0 Å². The molecule has 1 amide bonds. The van der Waals surface area contributed by atoms with Gasteiger partial charge in [-0.25, -0.2) is 14.4 Å². The number of anilines is 2. The Morgan fingerprint density at radius 2 is 1.82 bits per heavy atom. The highest BCUT2D eigenvalue weighted by Crippen LogP contribution is 2.18. The van der Waals surface area contributed by atoms with Crippen LogP contribution in [0, 0.1) is 26.6 Å². The first-order valence-electron chi connectivity index (χ1n) is 9.14. The molecule has 3 rings (SSSR count). The topological polar surface area (TPSA) is 66.9 Å². The van der Waals surface area contributed by atoms with E-state index < -0.39 is 0 Å². The number of nitrogens with zero attached hydrogens (tertiary/aromatic N) is 2. The molecule has 0 atom stereocenters. The third-order valence-corrected chi connectivity index (χ3v) is 4.37. The monoisotopic (exact) mass is 378 g/mol. The highest BCUT2D eigenvalue weighted by atomic mass is 19.1. The molecule has 28 heavy (non-hydrogen) atoms. The molecule has 1 heterocycles. The molecule has 2 aromatic carbocycles. The normalized spacial score (nSPS) is 10.6. The molecular weight excluding hydrogens is 355 g/mol. The second kappa shape index (κ2) is 8.61. The molecular formula is C22H23FN4O. The summed E-state index contributed by atoms with van der Waals surface area (Å²) in [7, 11) is 0. The van der Waals surface area contributed by atoms with Crippen LogP contribution in [-0.4, -0.2) is 22.4 Å². The summed E-state index contributed by atoms with van der Waals surface area (Å²) in [6.45, 7) is 6.14. The lowest BCUT2D eigenvalue weighted by Crippen LogP contribution is -2.17. The number of halogens is 1. The Labute approximate surface area is 164 Å². The van der Waals surface area contributed by atoms with Gasteiger partial charge < -0.3 is 10.6 Å². The first-order chi connectivity index (χ1) is 13.4. The number of hydrogen-bond acceptors (Lipinski definition) is 4. The molecule has 3 aromatic rings. The summed E-state index contributed by atoms with van der Waals surface area (Å²) in [5.41, 5.74) is 3.72. The summed E-state index contributed by atoms with van der Waals surface area (Å²) in [5, 5.41) is 6.05. The van der Waals surface area contributed by atoms with Gasteiger partial charge in [0.25, 0.3) is 5.91 Å². The van der Waals surface area contributed by atoms with E-state index in [1.54, 1.807) is 25.1 Å². The van der Waals surface area contributed by atoms with E-state index in [1.165, 1.54) is 6.07 Å². The molecule has 0 aliphatic heterocycles. The van der Waals surface area contributed by atoms with Crippen molar-refractivity contribution in [3.05, 3.63) is 82.6 Å². The van der Waals surface area contributed by atoms with E-state index in [0.717, 1.165) is 16.8 Å². The number of aromatic nitrogens is 2. The highest BCUT2D eigenvalue weighted by molar-refractivity contribution is 6.03. The van der Waals surface area contributed by atoms with Gasteiger partial charge in [-0.05, 0) is 56.0 Å². The van der Waals surface area contributed by atoms with Gasteiger partial charge in [0.05, 0.1) is 0 Å². The molecule has 0 radical (unpaired) electrons. The number of amides is 1. The van der Waals surface area contributed by atoms with Crippen molar-refractivity contribution in [1.29, 1.82) is 0 Å². The lowest BCUT2D eigenvalue weighted by atomic mass is 10.1. The second-order valence-electron chi connectivity index (χ2n) is 6.73. The average Bonchev–Trinajstić information content (AvgIpc) is 2.66. The Hall–Kier alpha value is -3.28. The minimum atomic E-state index is -0.295.